The topological polar surface area (TPSA) is 66.8 Å². The highest BCUT2D eigenvalue weighted by Gasteiger charge is 2.32. The number of aromatic amines is 1. The molecule has 5 rings (SSSR count). The van der Waals surface area contributed by atoms with Gasteiger partial charge in [0.05, 0.1) is 35.3 Å². The molecule has 2 aromatic carbocycles. The summed E-state index contributed by atoms with van der Waals surface area (Å²) in [7, 11) is 0. The molecule has 1 N–H and O–H groups in total. The predicted octanol–water partition coefficient (Wildman–Crippen LogP) is 4.28. The second-order valence-electron chi connectivity index (χ2n) is 8.00. The van der Waals surface area contributed by atoms with Crippen molar-refractivity contribution in [2.45, 2.75) is 45.7 Å². The fourth-order valence-corrected chi connectivity index (χ4v) is 4.35. The van der Waals surface area contributed by atoms with Gasteiger partial charge in [0, 0.05) is 18.4 Å². The van der Waals surface area contributed by atoms with Crippen molar-refractivity contribution in [3.05, 3.63) is 59.5 Å². The number of imidazole rings is 1. The first kappa shape index (κ1) is 17.9. The molecule has 148 valence electrons. The number of hydrogen-bond donors (Lipinski definition) is 1. The average Bonchev–Trinajstić information content (AvgIpc) is 3.44. The maximum absolute atomic E-state index is 13.0. The van der Waals surface area contributed by atoms with Crippen molar-refractivity contribution in [3.8, 4) is 0 Å². The Hall–Kier alpha value is -3.15. The Bertz CT molecular complexity index is 1170. The van der Waals surface area contributed by atoms with Crippen LogP contribution in [0.25, 0.3) is 21.9 Å². The lowest BCUT2D eigenvalue weighted by molar-refractivity contribution is -0.132. The van der Waals surface area contributed by atoms with E-state index in [9.17, 15) is 4.79 Å². The number of rotatable bonds is 4. The van der Waals surface area contributed by atoms with E-state index in [0.29, 0.717) is 13.0 Å². The third-order valence-electron chi connectivity index (χ3n) is 6.09. The molecule has 1 unspecified atom stereocenters. The first-order valence-corrected chi connectivity index (χ1v) is 10.3. The molecular formula is C23H25N5O. The molecule has 1 atom stereocenters. The Kier molecular flexibility index (Phi) is 4.34. The standard InChI is InChI=1S/C23H25N5O/c1-15-12-18-19(13-16(15)2)26-23(25-18)21-8-5-10-27(21)22(29)9-11-28-20-7-4-3-6-17(20)14-24-28/h3-4,6-7,12-14,21H,5,8-11H2,1-2H3,(H,25,26). The Morgan fingerprint density at radius 3 is 2.93 bits per heavy atom. The van der Waals surface area contributed by atoms with Gasteiger partial charge >= 0.3 is 0 Å². The van der Waals surface area contributed by atoms with Crippen LogP contribution in [0, 0.1) is 13.8 Å². The summed E-state index contributed by atoms with van der Waals surface area (Å²) < 4.78 is 1.92. The van der Waals surface area contributed by atoms with Crippen molar-refractivity contribution in [1.82, 2.24) is 24.6 Å². The van der Waals surface area contributed by atoms with E-state index >= 15 is 0 Å². The summed E-state index contributed by atoms with van der Waals surface area (Å²) in [6.45, 7) is 5.60. The number of H-pyrrole nitrogens is 1. The number of benzene rings is 2. The number of aromatic nitrogens is 4. The first-order chi connectivity index (χ1) is 14.1. The van der Waals surface area contributed by atoms with Gasteiger partial charge in [-0.05, 0) is 56.0 Å². The quantitative estimate of drug-likeness (QED) is 0.568. The first-order valence-electron chi connectivity index (χ1n) is 10.3. The van der Waals surface area contributed by atoms with Gasteiger partial charge in [0.1, 0.15) is 5.82 Å². The summed E-state index contributed by atoms with van der Waals surface area (Å²) in [5, 5.41) is 5.55. The lowest BCUT2D eigenvalue weighted by Gasteiger charge is -2.23. The van der Waals surface area contributed by atoms with E-state index in [-0.39, 0.29) is 11.9 Å². The normalized spacial score (nSPS) is 16.9. The van der Waals surface area contributed by atoms with Crippen LogP contribution in [-0.4, -0.2) is 37.1 Å². The minimum absolute atomic E-state index is 0.0323. The van der Waals surface area contributed by atoms with Gasteiger partial charge in [-0.1, -0.05) is 18.2 Å². The van der Waals surface area contributed by atoms with Gasteiger partial charge in [0.2, 0.25) is 5.91 Å². The van der Waals surface area contributed by atoms with E-state index in [4.69, 9.17) is 4.98 Å². The van der Waals surface area contributed by atoms with E-state index in [0.717, 1.165) is 47.1 Å². The second kappa shape index (κ2) is 7.03. The molecule has 0 saturated carbocycles. The Morgan fingerprint density at radius 1 is 1.21 bits per heavy atom. The van der Waals surface area contributed by atoms with Gasteiger partial charge < -0.3 is 9.88 Å². The molecule has 0 aliphatic carbocycles. The van der Waals surface area contributed by atoms with Crippen molar-refractivity contribution in [1.29, 1.82) is 0 Å². The average molecular weight is 387 g/mol. The largest absolute Gasteiger partial charge is 0.340 e. The molecule has 1 saturated heterocycles. The number of nitrogens with one attached hydrogen (secondary N) is 1. The van der Waals surface area contributed by atoms with Crippen LogP contribution >= 0.6 is 0 Å². The van der Waals surface area contributed by atoms with Crippen LogP contribution in [0.1, 0.15) is 42.3 Å². The molecule has 29 heavy (non-hydrogen) atoms. The molecule has 1 amide bonds. The molecule has 1 aliphatic rings. The number of hydrogen-bond acceptors (Lipinski definition) is 3. The molecule has 1 aliphatic heterocycles. The van der Waals surface area contributed by atoms with E-state index in [1.165, 1.54) is 11.1 Å². The van der Waals surface area contributed by atoms with Crippen LogP contribution in [0.15, 0.2) is 42.6 Å². The smallest absolute Gasteiger partial charge is 0.225 e. The summed E-state index contributed by atoms with van der Waals surface area (Å²) in [6.07, 6.45) is 4.27. The van der Waals surface area contributed by atoms with Crippen LogP contribution in [-0.2, 0) is 11.3 Å². The highest BCUT2D eigenvalue weighted by Crippen LogP contribution is 2.32. The monoisotopic (exact) mass is 387 g/mol. The third-order valence-corrected chi connectivity index (χ3v) is 6.09. The minimum Gasteiger partial charge on any atom is -0.340 e. The number of fused-ring (bicyclic) bond motifs is 2. The molecule has 3 heterocycles. The molecule has 6 nitrogen and oxygen atoms in total. The zero-order valence-electron chi connectivity index (χ0n) is 16.9. The fraction of sp³-hybridized carbons (Fsp3) is 0.348. The summed E-state index contributed by atoms with van der Waals surface area (Å²) in [5.41, 5.74) is 5.58. The number of aryl methyl sites for hydroxylation is 3. The number of carbonyl (C=O) groups is 1. The van der Waals surface area contributed by atoms with Crippen LogP contribution in [0.5, 0.6) is 0 Å². The summed E-state index contributed by atoms with van der Waals surface area (Å²) in [5.74, 6) is 1.07. The molecule has 2 aromatic heterocycles. The molecule has 1 fully saturated rings. The SMILES string of the molecule is Cc1cc2nc(C3CCCN3C(=O)CCn3ncc4ccccc43)[nH]c2cc1C. The van der Waals surface area contributed by atoms with Crippen molar-refractivity contribution < 1.29 is 4.79 Å². The van der Waals surface area contributed by atoms with Gasteiger partial charge in [-0.25, -0.2) is 4.98 Å². The Labute approximate surface area is 169 Å². The second-order valence-corrected chi connectivity index (χ2v) is 8.00. The third kappa shape index (κ3) is 3.18. The molecule has 4 aromatic rings. The number of amides is 1. The van der Waals surface area contributed by atoms with Crippen LogP contribution in [0.3, 0.4) is 0 Å². The van der Waals surface area contributed by atoms with Gasteiger partial charge in [-0.15, -0.1) is 0 Å². The molecule has 6 heteroatoms. The van der Waals surface area contributed by atoms with Gasteiger partial charge in [-0.3, -0.25) is 9.48 Å². The van der Waals surface area contributed by atoms with Crippen molar-refractivity contribution >= 4 is 27.8 Å². The highest BCUT2D eigenvalue weighted by molar-refractivity contribution is 5.80. The number of para-hydroxylation sites is 1. The van der Waals surface area contributed by atoms with E-state index in [1.807, 2.05) is 40.0 Å². The lowest BCUT2D eigenvalue weighted by atomic mass is 10.1. The molecule has 0 radical (unpaired) electrons. The molecule has 0 spiro atoms. The summed E-state index contributed by atoms with van der Waals surface area (Å²) >= 11 is 0. The fourth-order valence-electron chi connectivity index (χ4n) is 4.35. The lowest BCUT2D eigenvalue weighted by Crippen LogP contribution is -2.31. The van der Waals surface area contributed by atoms with E-state index in [2.05, 4.69) is 36.1 Å². The van der Waals surface area contributed by atoms with Gasteiger partial charge in [0.15, 0.2) is 0 Å². The van der Waals surface area contributed by atoms with Gasteiger partial charge in [0.25, 0.3) is 0 Å². The zero-order chi connectivity index (χ0) is 20.0. The minimum atomic E-state index is 0.0323. The zero-order valence-corrected chi connectivity index (χ0v) is 16.9. The van der Waals surface area contributed by atoms with Crippen molar-refractivity contribution in [2.75, 3.05) is 6.54 Å². The Balaban J connectivity index is 1.34. The van der Waals surface area contributed by atoms with E-state index in [1.54, 1.807) is 0 Å². The molecule has 0 bridgehead atoms. The summed E-state index contributed by atoms with van der Waals surface area (Å²) in [6, 6.07) is 12.4. The summed E-state index contributed by atoms with van der Waals surface area (Å²) in [4.78, 5) is 23.3. The van der Waals surface area contributed by atoms with Crippen molar-refractivity contribution in [3.63, 3.8) is 0 Å². The van der Waals surface area contributed by atoms with E-state index < -0.39 is 0 Å². The maximum atomic E-state index is 13.0. The van der Waals surface area contributed by atoms with Crippen LogP contribution in [0.4, 0.5) is 0 Å². The molecular weight excluding hydrogens is 362 g/mol. The van der Waals surface area contributed by atoms with Crippen LogP contribution in [0.2, 0.25) is 0 Å². The number of nitrogens with zero attached hydrogens (tertiary/aromatic N) is 4. The van der Waals surface area contributed by atoms with Crippen molar-refractivity contribution in [2.24, 2.45) is 0 Å². The number of carbonyl (C=O) groups excluding carboxylic acids is 1. The Morgan fingerprint density at radius 2 is 2.03 bits per heavy atom. The predicted molar refractivity (Wildman–Crippen MR) is 114 cm³/mol. The maximum Gasteiger partial charge on any atom is 0.225 e. The van der Waals surface area contributed by atoms with Crippen LogP contribution < -0.4 is 0 Å². The van der Waals surface area contributed by atoms with Gasteiger partial charge in [-0.2, -0.15) is 5.10 Å². The number of likely N-dealkylation sites (tertiary alicyclic amines) is 1. The highest BCUT2D eigenvalue weighted by atomic mass is 16.2.